The molecule has 1 aliphatic rings. The van der Waals surface area contributed by atoms with Crippen LogP contribution in [0.3, 0.4) is 0 Å². The van der Waals surface area contributed by atoms with E-state index in [9.17, 15) is 8.78 Å². The first-order valence-electron chi connectivity index (χ1n) is 7.42. The number of hydrogen-bond acceptors (Lipinski definition) is 2. The van der Waals surface area contributed by atoms with Crippen molar-refractivity contribution in [2.24, 2.45) is 0 Å². The summed E-state index contributed by atoms with van der Waals surface area (Å²) in [5.41, 5.74) is 7.10. The second-order valence-electron chi connectivity index (χ2n) is 5.64. The molecular formula is C16H19F2N3. The first-order valence-corrected chi connectivity index (χ1v) is 7.42. The second kappa shape index (κ2) is 5.47. The molecular weight excluding hydrogens is 272 g/mol. The van der Waals surface area contributed by atoms with Gasteiger partial charge in [-0.2, -0.15) is 0 Å². The predicted molar refractivity (Wildman–Crippen MR) is 78.9 cm³/mol. The van der Waals surface area contributed by atoms with Gasteiger partial charge in [0.15, 0.2) is 0 Å². The molecule has 0 saturated heterocycles. The highest BCUT2D eigenvalue weighted by molar-refractivity contribution is 5.71. The number of aromatic nitrogens is 2. The van der Waals surface area contributed by atoms with Crippen LogP contribution in [0, 0.1) is 11.6 Å². The molecule has 112 valence electrons. The zero-order valence-corrected chi connectivity index (χ0v) is 12.1. The van der Waals surface area contributed by atoms with Gasteiger partial charge in [0.1, 0.15) is 29.0 Å². The fourth-order valence-electron chi connectivity index (χ4n) is 2.59. The molecule has 0 aliphatic heterocycles. The lowest BCUT2D eigenvalue weighted by Gasteiger charge is -2.08. The maximum atomic E-state index is 13.4. The smallest absolute Gasteiger partial charge is 0.131 e. The first-order chi connectivity index (χ1) is 10.1. The highest BCUT2D eigenvalue weighted by Crippen LogP contribution is 2.42. The average molecular weight is 291 g/mol. The van der Waals surface area contributed by atoms with Gasteiger partial charge in [0.2, 0.25) is 0 Å². The van der Waals surface area contributed by atoms with Crippen LogP contribution >= 0.6 is 0 Å². The summed E-state index contributed by atoms with van der Waals surface area (Å²) >= 11 is 0. The molecule has 2 N–H and O–H groups in total. The average Bonchev–Trinajstić information content (AvgIpc) is 3.21. The molecule has 5 heteroatoms. The van der Waals surface area contributed by atoms with Crippen molar-refractivity contribution >= 4 is 5.82 Å². The number of nitrogens with two attached hydrogens (primary N) is 1. The molecule has 1 saturated carbocycles. The standard InChI is InChI=1S/C16H19F2N3/c1-2-3-6-21-15(19)14(20-16(21)10-4-5-10)11-7-12(17)9-13(18)8-11/h7-10H,2-6,19H2,1H3. The molecule has 1 aliphatic carbocycles. The number of hydrogen-bond donors (Lipinski definition) is 1. The van der Waals surface area contributed by atoms with E-state index in [-0.39, 0.29) is 0 Å². The summed E-state index contributed by atoms with van der Waals surface area (Å²) in [4.78, 5) is 4.58. The monoisotopic (exact) mass is 291 g/mol. The van der Waals surface area contributed by atoms with Crippen LogP contribution in [0.4, 0.5) is 14.6 Å². The highest BCUT2D eigenvalue weighted by atomic mass is 19.1. The summed E-state index contributed by atoms with van der Waals surface area (Å²) in [5, 5.41) is 0. The summed E-state index contributed by atoms with van der Waals surface area (Å²) in [6.45, 7) is 2.92. The zero-order valence-electron chi connectivity index (χ0n) is 12.1. The first kappa shape index (κ1) is 14.0. The van der Waals surface area contributed by atoms with Crippen LogP contribution in [0.15, 0.2) is 18.2 Å². The number of rotatable bonds is 5. The Balaban J connectivity index is 2.05. The molecule has 1 heterocycles. The van der Waals surface area contributed by atoms with E-state index in [4.69, 9.17) is 5.73 Å². The lowest BCUT2D eigenvalue weighted by molar-refractivity contribution is 0.584. The van der Waals surface area contributed by atoms with Gasteiger partial charge in [-0.25, -0.2) is 13.8 Å². The van der Waals surface area contributed by atoms with Gasteiger partial charge in [0, 0.05) is 24.1 Å². The lowest BCUT2D eigenvalue weighted by atomic mass is 10.1. The minimum absolute atomic E-state index is 0.405. The molecule has 1 aromatic carbocycles. The van der Waals surface area contributed by atoms with Crippen molar-refractivity contribution in [1.82, 2.24) is 9.55 Å². The van der Waals surface area contributed by atoms with Crippen LogP contribution in [0.5, 0.6) is 0 Å². The Morgan fingerprint density at radius 3 is 2.48 bits per heavy atom. The molecule has 0 amide bonds. The predicted octanol–water partition coefficient (Wildman–Crippen LogP) is 4.09. The van der Waals surface area contributed by atoms with E-state index in [0.717, 1.165) is 44.1 Å². The molecule has 3 rings (SSSR count). The molecule has 0 spiro atoms. The summed E-state index contributed by atoms with van der Waals surface area (Å²) in [6, 6.07) is 3.42. The normalized spacial score (nSPS) is 14.6. The molecule has 21 heavy (non-hydrogen) atoms. The minimum Gasteiger partial charge on any atom is -0.383 e. The van der Waals surface area contributed by atoms with Crippen LogP contribution in [-0.4, -0.2) is 9.55 Å². The fourth-order valence-corrected chi connectivity index (χ4v) is 2.59. The SMILES string of the molecule is CCCCn1c(C2CC2)nc(-c2cc(F)cc(F)c2)c1N. The molecule has 0 bridgehead atoms. The maximum Gasteiger partial charge on any atom is 0.131 e. The third kappa shape index (κ3) is 2.77. The molecule has 0 atom stereocenters. The van der Waals surface area contributed by atoms with Crippen LogP contribution in [0.25, 0.3) is 11.3 Å². The van der Waals surface area contributed by atoms with E-state index < -0.39 is 11.6 Å². The number of halogens is 2. The van der Waals surface area contributed by atoms with Crippen molar-refractivity contribution in [3.05, 3.63) is 35.7 Å². The Hall–Kier alpha value is -1.91. The van der Waals surface area contributed by atoms with Gasteiger partial charge in [-0.3, -0.25) is 0 Å². The largest absolute Gasteiger partial charge is 0.383 e. The van der Waals surface area contributed by atoms with Gasteiger partial charge in [0.05, 0.1) is 0 Å². The van der Waals surface area contributed by atoms with Crippen molar-refractivity contribution in [3.8, 4) is 11.3 Å². The van der Waals surface area contributed by atoms with Crippen LogP contribution in [-0.2, 0) is 6.54 Å². The Kier molecular flexibility index (Phi) is 3.66. The van der Waals surface area contributed by atoms with Crippen molar-refractivity contribution in [1.29, 1.82) is 0 Å². The van der Waals surface area contributed by atoms with Gasteiger partial charge >= 0.3 is 0 Å². The van der Waals surface area contributed by atoms with Crippen LogP contribution < -0.4 is 5.73 Å². The number of imidazole rings is 1. The number of unbranched alkanes of at least 4 members (excludes halogenated alkanes) is 1. The Morgan fingerprint density at radius 2 is 1.90 bits per heavy atom. The Labute approximate surface area is 122 Å². The van der Waals surface area contributed by atoms with Crippen molar-refractivity contribution in [2.45, 2.75) is 45.1 Å². The number of nitrogen functional groups attached to an aromatic ring is 1. The molecule has 2 aromatic rings. The Morgan fingerprint density at radius 1 is 1.24 bits per heavy atom. The number of nitrogens with zero attached hydrogens (tertiary/aromatic N) is 2. The van der Waals surface area contributed by atoms with Crippen molar-refractivity contribution in [3.63, 3.8) is 0 Å². The molecule has 3 nitrogen and oxygen atoms in total. The molecule has 1 aromatic heterocycles. The molecule has 0 radical (unpaired) electrons. The third-order valence-electron chi connectivity index (χ3n) is 3.85. The maximum absolute atomic E-state index is 13.4. The summed E-state index contributed by atoms with van der Waals surface area (Å²) in [5.74, 6) is 0.688. The van der Waals surface area contributed by atoms with Gasteiger partial charge in [0.25, 0.3) is 0 Å². The van der Waals surface area contributed by atoms with E-state index >= 15 is 0 Å². The summed E-state index contributed by atoms with van der Waals surface area (Å²) in [6.07, 6.45) is 4.29. The van der Waals surface area contributed by atoms with E-state index in [2.05, 4.69) is 11.9 Å². The van der Waals surface area contributed by atoms with Crippen molar-refractivity contribution < 1.29 is 8.78 Å². The van der Waals surface area contributed by atoms with E-state index in [1.165, 1.54) is 12.1 Å². The quantitative estimate of drug-likeness (QED) is 0.901. The molecule has 0 unspecified atom stereocenters. The topological polar surface area (TPSA) is 43.8 Å². The van der Waals surface area contributed by atoms with E-state index in [1.54, 1.807) is 0 Å². The van der Waals surface area contributed by atoms with Gasteiger partial charge in [-0.15, -0.1) is 0 Å². The van der Waals surface area contributed by atoms with E-state index in [0.29, 0.717) is 23.0 Å². The summed E-state index contributed by atoms with van der Waals surface area (Å²) < 4.78 is 28.8. The zero-order chi connectivity index (χ0) is 15.0. The van der Waals surface area contributed by atoms with Gasteiger partial charge in [-0.05, 0) is 31.4 Å². The highest BCUT2D eigenvalue weighted by Gasteiger charge is 2.31. The van der Waals surface area contributed by atoms with Gasteiger partial charge < -0.3 is 10.3 Å². The van der Waals surface area contributed by atoms with Crippen molar-refractivity contribution in [2.75, 3.05) is 5.73 Å². The minimum atomic E-state index is -0.611. The van der Waals surface area contributed by atoms with Gasteiger partial charge in [-0.1, -0.05) is 13.3 Å². The summed E-state index contributed by atoms with van der Waals surface area (Å²) in [7, 11) is 0. The lowest BCUT2D eigenvalue weighted by Crippen LogP contribution is -2.06. The second-order valence-corrected chi connectivity index (χ2v) is 5.64. The van der Waals surface area contributed by atoms with E-state index in [1.807, 2.05) is 4.57 Å². The number of anilines is 1. The fraction of sp³-hybridized carbons (Fsp3) is 0.438. The third-order valence-corrected chi connectivity index (χ3v) is 3.85. The Bertz CT molecular complexity index is 640. The van der Waals surface area contributed by atoms with Crippen LogP contribution in [0.2, 0.25) is 0 Å². The van der Waals surface area contributed by atoms with Crippen LogP contribution in [0.1, 0.15) is 44.3 Å². The molecule has 1 fully saturated rings. The number of benzene rings is 1.